The third-order valence-electron chi connectivity index (χ3n) is 6.40. The summed E-state index contributed by atoms with van der Waals surface area (Å²) in [5, 5.41) is 6.24. The van der Waals surface area contributed by atoms with E-state index in [4.69, 9.17) is 4.74 Å². The number of carbonyl (C=O) groups excluding carboxylic acids is 3. The van der Waals surface area contributed by atoms with Gasteiger partial charge in [0.2, 0.25) is 5.91 Å². The molecule has 0 radical (unpaired) electrons. The fourth-order valence-corrected chi connectivity index (χ4v) is 5.59. The Morgan fingerprint density at radius 1 is 1.05 bits per heavy atom. The van der Waals surface area contributed by atoms with Crippen LogP contribution in [-0.2, 0) is 14.1 Å². The average molecular weight is 602 g/mol. The Morgan fingerprint density at radius 3 is 2.39 bits per heavy atom. The van der Waals surface area contributed by atoms with Crippen LogP contribution < -0.4 is 5.32 Å². The molecule has 3 amide bonds. The van der Waals surface area contributed by atoms with Gasteiger partial charge in [0.05, 0.1) is 18.5 Å². The smallest absolute Gasteiger partial charge is 0.409 e. The number of nitrogens with zero attached hydrogens (tertiary/aromatic N) is 4. The summed E-state index contributed by atoms with van der Waals surface area (Å²) < 4.78 is 17.2. The summed E-state index contributed by atoms with van der Waals surface area (Å²) in [4.78, 5) is 70.3. The largest absolute Gasteiger partial charge is 0.449 e. The molecule has 14 heteroatoms. The van der Waals surface area contributed by atoms with Crippen molar-refractivity contribution in [1.29, 1.82) is 0 Å². The molecule has 1 aromatic carbocycles. The van der Waals surface area contributed by atoms with E-state index in [1.54, 1.807) is 12.1 Å². The Hall–Kier alpha value is -3.64. The van der Waals surface area contributed by atoms with Crippen molar-refractivity contribution >= 4 is 36.8 Å². The molecule has 2 aromatic heterocycles. The van der Waals surface area contributed by atoms with Crippen molar-refractivity contribution in [2.45, 2.75) is 25.8 Å². The standard InChI is InChI=1S/C27H32N5O7PS/c1-2-3-14-39-27(35)32-12-10-31(11-13-32)26(34)23(17-40(36,37)38)30-25(33)22-16-21(20-9-15-41-18-20)28-24(29-22)19-7-5-4-6-8-19/h4-9,15-16,18,23H,2-3,10-14,17H2,1H3,(H,30,33)(H2,36,37,38). The van der Waals surface area contributed by atoms with Crippen LogP contribution >= 0.6 is 18.9 Å². The lowest BCUT2D eigenvalue weighted by molar-refractivity contribution is -0.134. The molecule has 218 valence electrons. The van der Waals surface area contributed by atoms with E-state index in [9.17, 15) is 28.7 Å². The topological polar surface area (TPSA) is 162 Å². The molecule has 41 heavy (non-hydrogen) atoms. The van der Waals surface area contributed by atoms with Gasteiger partial charge < -0.3 is 29.6 Å². The molecule has 1 fully saturated rings. The number of hydrogen-bond acceptors (Lipinski definition) is 8. The van der Waals surface area contributed by atoms with Crippen LogP contribution in [0.5, 0.6) is 0 Å². The van der Waals surface area contributed by atoms with E-state index >= 15 is 0 Å². The van der Waals surface area contributed by atoms with Crippen LogP contribution in [0.4, 0.5) is 4.79 Å². The first-order chi connectivity index (χ1) is 19.6. The van der Waals surface area contributed by atoms with Crippen LogP contribution in [0, 0.1) is 0 Å². The monoisotopic (exact) mass is 601 g/mol. The van der Waals surface area contributed by atoms with E-state index < -0.39 is 37.7 Å². The molecule has 0 bridgehead atoms. The van der Waals surface area contributed by atoms with Crippen molar-refractivity contribution in [2.24, 2.45) is 0 Å². The second-order valence-electron chi connectivity index (χ2n) is 9.49. The van der Waals surface area contributed by atoms with Gasteiger partial charge in [-0.3, -0.25) is 14.2 Å². The summed E-state index contributed by atoms with van der Waals surface area (Å²) in [5.41, 5.74) is 1.89. The molecule has 1 aliphatic heterocycles. The molecule has 0 aliphatic carbocycles. The molecule has 3 aromatic rings. The highest BCUT2D eigenvalue weighted by atomic mass is 32.1. The van der Waals surface area contributed by atoms with E-state index in [0.29, 0.717) is 23.7 Å². The van der Waals surface area contributed by atoms with E-state index in [2.05, 4.69) is 15.3 Å². The van der Waals surface area contributed by atoms with E-state index in [1.165, 1.54) is 27.2 Å². The predicted octanol–water partition coefficient (Wildman–Crippen LogP) is 3.23. The lowest BCUT2D eigenvalue weighted by atomic mass is 10.1. The lowest BCUT2D eigenvalue weighted by Gasteiger charge is -2.36. The molecule has 0 saturated carbocycles. The fraction of sp³-hybridized carbons (Fsp3) is 0.370. The zero-order chi connectivity index (χ0) is 29.4. The zero-order valence-corrected chi connectivity index (χ0v) is 24.2. The molecular formula is C27H32N5O7PS. The van der Waals surface area contributed by atoms with E-state index in [0.717, 1.165) is 18.4 Å². The third kappa shape index (κ3) is 8.43. The predicted molar refractivity (Wildman–Crippen MR) is 153 cm³/mol. The van der Waals surface area contributed by atoms with Gasteiger partial charge in [0.25, 0.3) is 5.91 Å². The summed E-state index contributed by atoms with van der Waals surface area (Å²) in [7, 11) is -4.70. The molecule has 4 rings (SSSR count). The highest BCUT2D eigenvalue weighted by molar-refractivity contribution is 7.51. The molecule has 1 saturated heterocycles. The molecule has 0 spiro atoms. The van der Waals surface area contributed by atoms with Crippen molar-refractivity contribution in [3.05, 3.63) is 58.9 Å². The maximum Gasteiger partial charge on any atom is 0.409 e. The number of piperazine rings is 1. The Balaban J connectivity index is 1.52. The number of benzene rings is 1. The summed E-state index contributed by atoms with van der Waals surface area (Å²) in [6.07, 6.45) is 0.289. The van der Waals surface area contributed by atoms with Gasteiger partial charge >= 0.3 is 13.7 Å². The van der Waals surface area contributed by atoms with Crippen LogP contribution in [0.15, 0.2) is 53.2 Å². The molecule has 1 unspecified atom stereocenters. The normalized spacial score (nSPS) is 14.4. The van der Waals surface area contributed by atoms with Gasteiger partial charge in [0.15, 0.2) is 5.82 Å². The highest BCUT2D eigenvalue weighted by Crippen LogP contribution is 2.35. The Kier molecular flexibility index (Phi) is 10.2. The number of hydrogen-bond donors (Lipinski definition) is 3. The van der Waals surface area contributed by atoms with E-state index in [1.807, 2.05) is 41.9 Å². The second-order valence-corrected chi connectivity index (χ2v) is 12.0. The van der Waals surface area contributed by atoms with Gasteiger partial charge in [0.1, 0.15) is 11.7 Å². The maximum atomic E-state index is 13.4. The first kappa shape index (κ1) is 30.3. The number of nitrogens with one attached hydrogen (secondary N) is 1. The van der Waals surface area contributed by atoms with Gasteiger partial charge in [-0.1, -0.05) is 43.7 Å². The molecule has 12 nitrogen and oxygen atoms in total. The molecule has 3 N–H and O–H groups in total. The van der Waals surface area contributed by atoms with Crippen LogP contribution in [0.3, 0.4) is 0 Å². The van der Waals surface area contributed by atoms with Gasteiger partial charge in [-0.25, -0.2) is 14.8 Å². The second kappa shape index (κ2) is 13.8. The number of rotatable bonds is 10. The highest BCUT2D eigenvalue weighted by Gasteiger charge is 2.35. The SMILES string of the molecule is CCCCOC(=O)N1CCN(C(=O)C(CP(=O)(O)O)NC(=O)c2cc(-c3ccsc3)nc(-c3ccccc3)n2)CC1. The van der Waals surface area contributed by atoms with Crippen LogP contribution in [-0.4, -0.2) is 92.5 Å². The first-order valence-corrected chi connectivity index (χ1v) is 15.9. The Labute approximate surface area is 241 Å². The van der Waals surface area contributed by atoms with Gasteiger partial charge in [0, 0.05) is 42.7 Å². The Morgan fingerprint density at radius 2 is 1.76 bits per heavy atom. The summed E-state index contributed by atoms with van der Waals surface area (Å²) in [5.74, 6) is -1.14. The van der Waals surface area contributed by atoms with Crippen molar-refractivity contribution in [3.63, 3.8) is 0 Å². The fourth-order valence-electron chi connectivity index (χ4n) is 4.22. The van der Waals surface area contributed by atoms with Crippen molar-refractivity contribution in [3.8, 4) is 22.6 Å². The summed E-state index contributed by atoms with van der Waals surface area (Å²) in [6.45, 7) is 2.95. The van der Waals surface area contributed by atoms with Crippen molar-refractivity contribution < 1.29 is 33.5 Å². The Bertz CT molecular complexity index is 1390. The number of carbonyl (C=O) groups is 3. The minimum Gasteiger partial charge on any atom is -0.449 e. The summed E-state index contributed by atoms with van der Waals surface area (Å²) >= 11 is 1.46. The molecule has 1 atom stereocenters. The number of unbranched alkanes of at least 4 members (excludes halogenated alkanes) is 1. The lowest BCUT2D eigenvalue weighted by Crippen LogP contribution is -2.56. The van der Waals surface area contributed by atoms with Crippen LogP contribution in [0.2, 0.25) is 0 Å². The average Bonchev–Trinajstić information content (AvgIpc) is 3.51. The zero-order valence-electron chi connectivity index (χ0n) is 22.5. The maximum absolute atomic E-state index is 13.4. The number of amides is 3. The molecule has 1 aliphatic rings. The molecular weight excluding hydrogens is 569 g/mol. The van der Waals surface area contributed by atoms with E-state index in [-0.39, 0.29) is 31.9 Å². The van der Waals surface area contributed by atoms with Gasteiger partial charge in [-0.2, -0.15) is 11.3 Å². The first-order valence-electron chi connectivity index (χ1n) is 13.2. The summed E-state index contributed by atoms with van der Waals surface area (Å²) in [6, 6.07) is 10.9. The number of ether oxygens (including phenoxy) is 1. The molecule has 3 heterocycles. The van der Waals surface area contributed by atoms with Crippen LogP contribution in [0.1, 0.15) is 30.3 Å². The minimum absolute atomic E-state index is 0.0526. The van der Waals surface area contributed by atoms with Crippen molar-refractivity contribution in [2.75, 3.05) is 38.9 Å². The van der Waals surface area contributed by atoms with Gasteiger partial charge in [-0.05, 0) is 23.9 Å². The third-order valence-corrected chi connectivity index (χ3v) is 7.93. The van der Waals surface area contributed by atoms with Crippen molar-refractivity contribution in [1.82, 2.24) is 25.1 Å². The minimum atomic E-state index is -4.70. The van der Waals surface area contributed by atoms with Crippen LogP contribution in [0.25, 0.3) is 22.6 Å². The van der Waals surface area contributed by atoms with Gasteiger partial charge in [-0.15, -0.1) is 0 Å². The number of thiophene rings is 1. The number of aromatic nitrogens is 2. The quantitative estimate of drug-likeness (QED) is 0.234.